The normalized spacial score (nSPS) is 14.3. The highest BCUT2D eigenvalue weighted by Crippen LogP contribution is 2.35. The van der Waals surface area contributed by atoms with Crippen molar-refractivity contribution in [1.82, 2.24) is 5.32 Å². The fourth-order valence-electron chi connectivity index (χ4n) is 4.08. The molecule has 3 aromatic carbocycles. The number of imide groups is 2. The standard InChI is InChI=1S/C31H30N2O6/c1-4-9-23-17-22(19-27(37-3)28(23)38-16-5-2)18-26-29(34)32-31(36)33(30(26)35)24-12-14-25(15-13-24)39-20-21-10-7-6-8-11-21/h4,6-8,10-15,17-19H,1,5,9,16,20H2,2-3H3,(H,32,34,36)/b26-18+. The van der Waals surface area contributed by atoms with Crippen molar-refractivity contribution in [3.63, 3.8) is 0 Å². The lowest BCUT2D eigenvalue weighted by atomic mass is 10.0. The van der Waals surface area contributed by atoms with Crippen LogP contribution >= 0.6 is 0 Å². The number of barbiturate groups is 1. The van der Waals surface area contributed by atoms with E-state index < -0.39 is 17.8 Å². The van der Waals surface area contributed by atoms with E-state index in [1.807, 2.05) is 43.3 Å². The maximum Gasteiger partial charge on any atom is 0.335 e. The number of ether oxygens (including phenoxy) is 3. The van der Waals surface area contributed by atoms with Gasteiger partial charge in [-0.3, -0.25) is 14.9 Å². The number of nitrogens with zero attached hydrogens (tertiary/aromatic N) is 1. The predicted octanol–water partition coefficient (Wildman–Crippen LogP) is 5.46. The number of nitrogens with one attached hydrogen (secondary N) is 1. The average molecular weight is 527 g/mol. The van der Waals surface area contributed by atoms with Crippen LogP contribution in [0, 0.1) is 0 Å². The quantitative estimate of drug-likeness (QED) is 0.203. The highest BCUT2D eigenvalue weighted by Gasteiger charge is 2.37. The van der Waals surface area contributed by atoms with Crippen LogP contribution in [0.3, 0.4) is 0 Å². The maximum atomic E-state index is 13.4. The number of allylic oxidation sites excluding steroid dienone is 1. The molecule has 0 radical (unpaired) electrons. The topological polar surface area (TPSA) is 94.2 Å². The number of urea groups is 1. The Hall–Kier alpha value is -4.85. The number of anilines is 1. The Kier molecular flexibility index (Phi) is 8.78. The van der Waals surface area contributed by atoms with Crippen molar-refractivity contribution in [2.75, 3.05) is 18.6 Å². The Morgan fingerprint density at radius 3 is 2.38 bits per heavy atom. The summed E-state index contributed by atoms with van der Waals surface area (Å²) < 4.78 is 17.2. The Labute approximate surface area is 227 Å². The molecule has 200 valence electrons. The SMILES string of the molecule is C=CCc1cc(/C=C2\C(=O)NC(=O)N(c3ccc(OCc4ccccc4)cc3)C2=O)cc(OC)c1OCCC. The molecule has 0 unspecified atom stereocenters. The lowest BCUT2D eigenvalue weighted by Crippen LogP contribution is -2.54. The number of benzene rings is 3. The Bertz CT molecular complexity index is 1400. The molecular formula is C31H30N2O6. The van der Waals surface area contributed by atoms with Gasteiger partial charge in [-0.15, -0.1) is 6.58 Å². The molecule has 0 aliphatic carbocycles. The molecular weight excluding hydrogens is 496 g/mol. The van der Waals surface area contributed by atoms with Crippen LogP contribution in [-0.4, -0.2) is 31.6 Å². The van der Waals surface area contributed by atoms with E-state index in [1.54, 1.807) is 36.4 Å². The van der Waals surface area contributed by atoms with Gasteiger partial charge in [-0.1, -0.05) is 43.3 Å². The Morgan fingerprint density at radius 1 is 0.974 bits per heavy atom. The summed E-state index contributed by atoms with van der Waals surface area (Å²) >= 11 is 0. The first kappa shape index (κ1) is 27.2. The fourth-order valence-corrected chi connectivity index (χ4v) is 4.08. The fraction of sp³-hybridized carbons (Fsp3) is 0.194. The van der Waals surface area contributed by atoms with Gasteiger partial charge in [-0.05, 0) is 66.4 Å². The molecule has 1 fully saturated rings. The summed E-state index contributed by atoms with van der Waals surface area (Å²) in [5.41, 5.74) is 2.47. The first-order valence-corrected chi connectivity index (χ1v) is 12.6. The molecule has 0 bridgehead atoms. The largest absolute Gasteiger partial charge is 0.493 e. The molecule has 0 aromatic heterocycles. The van der Waals surface area contributed by atoms with Gasteiger partial charge in [0.1, 0.15) is 17.9 Å². The van der Waals surface area contributed by atoms with Crippen LogP contribution in [-0.2, 0) is 22.6 Å². The van der Waals surface area contributed by atoms with Gasteiger partial charge in [0.05, 0.1) is 19.4 Å². The van der Waals surface area contributed by atoms with Crippen molar-refractivity contribution < 1.29 is 28.6 Å². The second kappa shape index (κ2) is 12.6. The summed E-state index contributed by atoms with van der Waals surface area (Å²) in [6.07, 6.45) is 4.49. The van der Waals surface area contributed by atoms with Gasteiger partial charge in [-0.25, -0.2) is 9.69 Å². The predicted molar refractivity (Wildman–Crippen MR) is 149 cm³/mol. The van der Waals surface area contributed by atoms with Gasteiger partial charge < -0.3 is 14.2 Å². The molecule has 39 heavy (non-hydrogen) atoms. The second-order valence-corrected chi connectivity index (χ2v) is 8.78. The van der Waals surface area contributed by atoms with E-state index in [1.165, 1.54) is 13.2 Å². The molecule has 1 heterocycles. The second-order valence-electron chi connectivity index (χ2n) is 8.78. The third-order valence-corrected chi connectivity index (χ3v) is 5.94. The molecule has 1 saturated heterocycles. The summed E-state index contributed by atoms with van der Waals surface area (Å²) in [6, 6.07) is 18.9. The van der Waals surface area contributed by atoms with Crippen molar-refractivity contribution in [2.24, 2.45) is 0 Å². The number of amides is 4. The molecule has 1 N–H and O–H groups in total. The zero-order chi connectivity index (χ0) is 27.8. The molecule has 3 aromatic rings. The van der Waals surface area contributed by atoms with Crippen LogP contribution in [0.5, 0.6) is 17.2 Å². The summed E-state index contributed by atoms with van der Waals surface area (Å²) in [4.78, 5) is 39.7. The number of methoxy groups -OCH3 is 1. The van der Waals surface area contributed by atoms with Crippen molar-refractivity contribution in [2.45, 2.75) is 26.4 Å². The van der Waals surface area contributed by atoms with E-state index in [-0.39, 0.29) is 5.57 Å². The van der Waals surface area contributed by atoms with Crippen LogP contribution in [0.15, 0.2) is 85.0 Å². The van der Waals surface area contributed by atoms with E-state index in [4.69, 9.17) is 14.2 Å². The number of hydrogen-bond donors (Lipinski definition) is 1. The van der Waals surface area contributed by atoms with Crippen molar-refractivity contribution in [3.05, 3.63) is 102 Å². The van der Waals surface area contributed by atoms with Crippen LogP contribution < -0.4 is 24.4 Å². The van der Waals surface area contributed by atoms with E-state index in [0.29, 0.717) is 48.1 Å². The number of carbonyl (C=O) groups excluding carboxylic acids is 3. The van der Waals surface area contributed by atoms with Crippen molar-refractivity contribution in [1.29, 1.82) is 0 Å². The van der Waals surface area contributed by atoms with Gasteiger partial charge in [0.2, 0.25) is 0 Å². The Balaban J connectivity index is 1.60. The lowest BCUT2D eigenvalue weighted by molar-refractivity contribution is -0.122. The average Bonchev–Trinajstić information content (AvgIpc) is 2.94. The van der Waals surface area contributed by atoms with E-state index in [9.17, 15) is 14.4 Å². The number of carbonyl (C=O) groups is 3. The zero-order valence-corrected chi connectivity index (χ0v) is 21.9. The molecule has 8 nitrogen and oxygen atoms in total. The minimum Gasteiger partial charge on any atom is -0.493 e. The van der Waals surface area contributed by atoms with Gasteiger partial charge in [-0.2, -0.15) is 0 Å². The molecule has 8 heteroatoms. The number of hydrogen-bond acceptors (Lipinski definition) is 6. The first-order valence-electron chi connectivity index (χ1n) is 12.6. The molecule has 1 aliphatic rings. The Morgan fingerprint density at radius 2 is 1.72 bits per heavy atom. The third kappa shape index (κ3) is 6.35. The van der Waals surface area contributed by atoms with Gasteiger partial charge in [0, 0.05) is 5.56 Å². The molecule has 0 spiro atoms. The van der Waals surface area contributed by atoms with Gasteiger partial charge >= 0.3 is 6.03 Å². The molecule has 0 saturated carbocycles. The number of rotatable bonds is 11. The van der Waals surface area contributed by atoms with Crippen molar-refractivity contribution >= 4 is 29.6 Å². The van der Waals surface area contributed by atoms with E-state index >= 15 is 0 Å². The zero-order valence-electron chi connectivity index (χ0n) is 21.9. The van der Waals surface area contributed by atoms with Crippen LogP contribution in [0.4, 0.5) is 10.5 Å². The summed E-state index contributed by atoms with van der Waals surface area (Å²) in [5, 5.41) is 2.25. The minimum atomic E-state index is -0.826. The van der Waals surface area contributed by atoms with Crippen LogP contribution in [0.1, 0.15) is 30.0 Å². The minimum absolute atomic E-state index is 0.187. The molecule has 0 atom stereocenters. The van der Waals surface area contributed by atoms with Crippen LogP contribution in [0.2, 0.25) is 0 Å². The van der Waals surface area contributed by atoms with Crippen LogP contribution in [0.25, 0.3) is 6.08 Å². The van der Waals surface area contributed by atoms with Crippen molar-refractivity contribution in [3.8, 4) is 17.2 Å². The molecule has 1 aliphatic heterocycles. The summed E-state index contributed by atoms with van der Waals surface area (Å²) in [6.45, 7) is 6.70. The van der Waals surface area contributed by atoms with Gasteiger partial charge in [0.25, 0.3) is 11.8 Å². The molecule has 4 amide bonds. The monoisotopic (exact) mass is 526 g/mol. The summed E-state index contributed by atoms with van der Waals surface area (Å²) in [5.74, 6) is 0.118. The van der Waals surface area contributed by atoms with Gasteiger partial charge in [0.15, 0.2) is 11.5 Å². The summed E-state index contributed by atoms with van der Waals surface area (Å²) in [7, 11) is 1.52. The maximum absolute atomic E-state index is 13.4. The lowest BCUT2D eigenvalue weighted by Gasteiger charge is -2.26. The highest BCUT2D eigenvalue weighted by atomic mass is 16.5. The highest BCUT2D eigenvalue weighted by molar-refractivity contribution is 6.39. The smallest absolute Gasteiger partial charge is 0.335 e. The first-order chi connectivity index (χ1) is 18.9. The van der Waals surface area contributed by atoms with E-state index in [2.05, 4.69) is 11.9 Å². The van der Waals surface area contributed by atoms with E-state index in [0.717, 1.165) is 22.4 Å². The molecule has 4 rings (SSSR count). The third-order valence-electron chi connectivity index (χ3n) is 5.94.